The Balaban J connectivity index is 1.52. The van der Waals surface area contributed by atoms with Gasteiger partial charge in [-0.1, -0.05) is 0 Å². The molecule has 2 saturated heterocycles. The third-order valence-electron chi connectivity index (χ3n) is 4.03. The van der Waals surface area contributed by atoms with Gasteiger partial charge in [0.05, 0.1) is 17.8 Å². The molecule has 2 heterocycles. The molecule has 0 radical (unpaired) electrons. The van der Waals surface area contributed by atoms with Crippen molar-refractivity contribution in [3.8, 4) is 0 Å². The first-order valence-corrected chi connectivity index (χ1v) is 7.54. The fourth-order valence-electron chi connectivity index (χ4n) is 2.95. The van der Waals surface area contributed by atoms with E-state index in [9.17, 15) is 0 Å². The van der Waals surface area contributed by atoms with E-state index in [1.54, 1.807) is 0 Å². The lowest BCUT2D eigenvalue weighted by Crippen LogP contribution is -2.48. The van der Waals surface area contributed by atoms with E-state index in [2.05, 4.69) is 0 Å². The Labute approximate surface area is 101 Å². The number of hydrogen-bond donors (Lipinski definition) is 1. The largest absolute Gasteiger partial charge is 0.375 e. The van der Waals surface area contributed by atoms with Crippen LogP contribution in [-0.4, -0.2) is 42.0 Å². The lowest BCUT2D eigenvalue weighted by atomic mass is 9.88. The fourth-order valence-corrected chi connectivity index (χ4v) is 4.33. The van der Waals surface area contributed by atoms with Crippen molar-refractivity contribution >= 4 is 11.8 Å². The smallest absolute Gasteiger partial charge is 0.0805 e. The molecule has 2 unspecified atom stereocenters. The Morgan fingerprint density at radius 2 is 2.19 bits per heavy atom. The van der Waals surface area contributed by atoms with Crippen LogP contribution < -0.4 is 5.73 Å². The predicted octanol–water partition coefficient (Wildman–Crippen LogP) is 1.55. The van der Waals surface area contributed by atoms with Gasteiger partial charge in [-0.25, -0.2) is 0 Å². The molecule has 2 atom stereocenters. The zero-order valence-corrected chi connectivity index (χ0v) is 10.5. The lowest BCUT2D eigenvalue weighted by molar-refractivity contribution is -0.150. The third-order valence-corrected chi connectivity index (χ3v) is 5.25. The van der Waals surface area contributed by atoms with E-state index in [-0.39, 0.29) is 5.60 Å². The van der Waals surface area contributed by atoms with Gasteiger partial charge in [-0.2, -0.15) is 11.8 Å². The van der Waals surface area contributed by atoms with E-state index in [1.165, 1.54) is 12.2 Å². The van der Waals surface area contributed by atoms with Crippen LogP contribution in [0.1, 0.15) is 32.1 Å². The maximum Gasteiger partial charge on any atom is 0.0805 e. The minimum Gasteiger partial charge on any atom is -0.375 e. The molecule has 1 aliphatic carbocycles. The molecule has 2 N–H and O–H groups in total. The van der Waals surface area contributed by atoms with Crippen molar-refractivity contribution < 1.29 is 9.47 Å². The summed E-state index contributed by atoms with van der Waals surface area (Å²) < 4.78 is 12.1. The lowest BCUT2D eigenvalue weighted by Gasteiger charge is -2.41. The van der Waals surface area contributed by atoms with E-state index in [4.69, 9.17) is 15.2 Å². The number of nitrogens with two attached hydrogens (primary N) is 1. The summed E-state index contributed by atoms with van der Waals surface area (Å²) in [6.45, 7) is 0.879. The number of rotatable bonds is 2. The second kappa shape index (κ2) is 4.48. The first kappa shape index (κ1) is 11.3. The van der Waals surface area contributed by atoms with Gasteiger partial charge in [-0.15, -0.1) is 0 Å². The highest BCUT2D eigenvalue weighted by Crippen LogP contribution is 2.40. The maximum absolute atomic E-state index is 6.12. The topological polar surface area (TPSA) is 44.5 Å². The highest BCUT2D eigenvalue weighted by Gasteiger charge is 2.42. The molecular formula is C12H21NO2S. The molecule has 1 saturated carbocycles. The molecule has 0 bridgehead atoms. The van der Waals surface area contributed by atoms with Gasteiger partial charge in [-0.3, -0.25) is 0 Å². The second-order valence-corrected chi connectivity index (χ2v) is 6.54. The summed E-state index contributed by atoms with van der Waals surface area (Å²) in [5, 5.41) is 0. The number of thioether (sulfide) groups is 1. The van der Waals surface area contributed by atoms with Crippen LogP contribution in [0.3, 0.4) is 0 Å². The first-order valence-electron chi connectivity index (χ1n) is 6.39. The van der Waals surface area contributed by atoms with Crippen LogP contribution in [0.2, 0.25) is 0 Å². The third kappa shape index (κ3) is 2.26. The zero-order chi connectivity index (χ0) is 11.0. The Hall–Kier alpha value is 0.230. The molecule has 0 aromatic rings. The molecule has 3 nitrogen and oxygen atoms in total. The minimum atomic E-state index is 0.152. The average Bonchev–Trinajstić information content (AvgIpc) is 2.64. The molecule has 1 spiro atoms. The zero-order valence-electron chi connectivity index (χ0n) is 9.69. The summed E-state index contributed by atoms with van der Waals surface area (Å²) in [4.78, 5) is 0. The maximum atomic E-state index is 6.12. The Bertz CT molecular complexity index is 249. The molecule has 0 aromatic heterocycles. The summed E-state index contributed by atoms with van der Waals surface area (Å²) in [6, 6.07) is 0.390. The molecule has 0 aromatic carbocycles. The van der Waals surface area contributed by atoms with Gasteiger partial charge < -0.3 is 15.2 Å². The molecule has 16 heavy (non-hydrogen) atoms. The van der Waals surface area contributed by atoms with Gasteiger partial charge in [-0.05, 0) is 31.4 Å². The highest BCUT2D eigenvalue weighted by atomic mass is 32.2. The second-order valence-electron chi connectivity index (χ2n) is 5.44. The molecule has 3 fully saturated rings. The quantitative estimate of drug-likeness (QED) is 0.799. The van der Waals surface area contributed by atoms with Crippen molar-refractivity contribution in [2.45, 2.75) is 56.0 Å². The predicted molar refractivity (Wildman–Crippen MR) is 65.7 cm³/mol. The monoisotopic (exact) mass is 243 g/mol. The molecule has 3 aliphatic rings. The summed E-state index contributed by atoms with van der Waals surface area (Å²) in [6.07, 6.45) is 6.35. The van der Waals surface area contributed by atoms with Crippen molar-refractivity contribution in [3.05, 3.63) is 0 Å². The van der Waals surface area contributed by atoms with E-state index in [0.717, 1.165) is 38.0 Å². The van der Waals surface area contributed by atoms with Crippen LogP contribution in [0, 0.1) is 0 Å². The normalized spacial score (nSPS) is 48.2. The van der Waals surface area contributed by atoms with Crippen LogP contribution in [0.4, 0.5) is 0 Å². The summed E-state index contributed by atoms with van der Waals surface area (Å²) in [7, 11) is 0. The molecule has 4 heteroatoms. The fraction of sp³-hybridized carbons (Fsp3) is 1.00. The van der Waals surface area contributed by atoms with E-state index < -0.39 is 0 Å². The minimum absolute atomic E-state index is 0.152. The Morgan fingerprint density at radius 3 is 2.88 bits per heavy atom. The van der Waals surface area contributed by atoms with Crippen LogP contribution >= 0.6 is 11.8 Å². The van der Waals surface area contributed by atoms with E-state index >= 15 is 0 Å². The number of ether oxygens (including phenoxy) is 2. The van der Waals surface area contributed by atoms with E-state index in [1.807, 2.05) is 11.8 Å². The Morgan fingerprint density at radius 1 is 1.31 bits per heavy atom. The number of hydrogen-bond acceptors (Lipinski definition) is 4. The van der Waals surface area contributed by atoms with Gasteiger partial charge in [0, 0.05) is 24.8 Å². The first-order chi connectivity index (χ1) is 7.76. The van der Waals surface area contributed by atoms with Crippen LogP contribution in [0.15, 0.2) is 0 Å². The summed E-state index contributed by atoms with van der Waals surface area (Å²) in [5.74, 6) is 2.41. The van der Waals surface area contributed by atoms with Crippen molar-refractivity contribution in [2.75, 3.05) is 18.1 Å². The standard InChI is InChI=1S/C12H21NO2S/c13-9-5-11(6-9)15-10-1-3-14-12(7-10)2-4-16-8-12/h9-11H,1-8,13H2. The van der Waals surface area contributed by atoms with Gasteiger partial charge in [0.2, 0.25) is 0 Å². The van der Waals surface area contributed by atoms with Gasteiger partial charge in [0.15, 0.2) is 0 Å². The molecular weight excluding hydrogens is 222 g/mol. The van der Waals surface area contributed by atoms with Crippen molar-refractivity contribution in [2.24, 2.45) is 5.73 Å². The molecule has 92 valence electrons. The van der Waals surface area contributed by atoms with Gasteiger partial charge in [0.25, 0.3) is 0 Å². The SMILES string of the molecule is NC1CC(OC2CCOC3(CCSC3)C2)C1. The van der Waals surface area contributed by atoms with Crippen LogP contribution in [-0.2, 0) is 9.47 Å². The summed E-state index contributed by atoms with van der Waals surface area (Å²) >= 11 is 2.02. The molecule has 2 aliphatic heterocycles. The molecule has 0 amide bonds. The van der Waals surface area contributed by atoms with Gasteiger partial charge in [0.1, 0.15) is 0 Å². The van der Waals surface area contributed by atoms with E-state index in [0.29, 0.717) is 18.2 Å². The van der Waals surface area contributed by atoms with Crippen molar-refractivity contribution in [3.63, 3.8) is 0 Å². The molecule has 3 rings (SSSR count). The Kier molecular flexibility index (Phi) is 3.17. The van der Waals surface area contributed by atoms with Crippen molar-refractivity contribution in [1.82, 2.24) is 0 Å². The van der Waals surface area contributed by atoms with Crippen molar-refractivity contribution in [1.29, 1.82) is 0 Å². The summed E-state index contributed by atoms with van der Waals surface area (Å²) in [5.41, 5.74) is 5.93. The highest BCUT2D eigenvalue weighted by molar-refractivity contribution is 7.99. The van der Waals surface area contributed by atoms with Crippen LogP contribution in [0.5, 0.6) is 0 Å². The van der Waals surface area contributed by atoms with Gasteiger partial charge >= 0.3 is 0 Å². The average molecular weight is 243 g/mol. The van der Waals surface area contributed by atoms with Crippen LogP contribution in [0.25, 0.3) is 0 Å².